The molecule has 0 aliphatic rings. The molecule has 5 heteroatoms. The van der Waals surface area contributed by atoms with Crippen LogP contribution in [-0.4, -0.2) is 4.98 Å². The van der Waals surface area contributed by atoms with Crippen LogP contribution in [0.5, 0.6) is 0 Å². The number of rotatable bonds is 6. The molecule has 0 spiro atoms. The van der Waals surface area contributed by atoms with Crippen LogP contribution in [0.25, 0.3) is 22.3 Å². The first-order chi connectivity index (χ1) is 17.2. The van der Waals surface area contributed by atoms with E-state index in [-0.39, 0.29) is 5.69 Å². The second-order valence-corrected chi connectivity index (χ2v) is 8.01. The van der Waals surface area contributed by atoms with Crippen molar-refractivity contribution in [3.05, 3.63) is 121 Å². The average molecular weight is 454 g/mol. The molecule has 0 aliphatic heterocycles. The number of para-hydroxylation sites is 2. The highest BCUT2D eigenvalue weighted by Crippen LogP contribution is 2.36. The lowest BCUT2D eigenvalue weighted by Crippen LogP contribution is -2.05. The van der Waals surface area contributed by atoms with E-state index in [1.807, 2.05) is 72.8 Å². The third kappa shape index (κ3) is 4.68. The Morgan fingerprint density at radius 1 is 0.600 bits per heavy atom. The zero-order valence-electron chi connectivity index (χ0n) is 18.9. The number of nitrogens with one attached hydrogen (secondary N) is 2. The van der Waals surface area contributed by atoms with Gasteiger partial charge < -0.3 is 16.4 Å². The standard InChI is InChI=1S/C30H23N5/c31-20-29-25(32)19-28(33-26-17-9-7-15-23(26)21-11-3-1-4-12-21)30(35-29)34-27-18-10-8-16-24(27)22-13-5-2-6-14-22/h1-19,33H,32H2,(H,34,35). The Bertz CT molecular complexity index is 1510. The normalized spacial score (nSPS) is 10.4. The van der Waals surface area contributed by atoms with E-state index in [0.717, 1.165) is 33.6 Å². The molecule has 0 saturated heterocycles. The highest BCUT2D eigenvalue weighted by Gasteiger charge is 2.14. The lowest BCUT2D eigenvalue weighted by molar-refractivity contribution is 1.25. The van der Waals surface area contributed by atoms with Crippen LogP contribution in [-0.2, 0) is 0 Å². The summed E-state index contributed by atoms with van der Waals surface area (Å²) in [5, 5.41) is 16.5. The maximum Gasteiger partial charge on any atom is 0.165 e. The molecule has 4 aromatic carbocycles. The van der Waals surface area contributed by atoms with Crippen molar-refractivity contribution in [2.24, 2.45) is 0 Å². The largest absolute Gasteiger partial charge is 0.396 e. The number of nitrogens with zero attached hydrogens (tertiary/aromatic N) is 2. The summed E-state index contributed by atoms with van der Waals surface area (Å²) in [7, 11) is 0. The van der Waals surface area contributed by atoms with Crippen molar-refractivity contribution >= 4 is 28.6 Å². The van der Waals surface area contributed by atoms with Crippen LogP contribution in [0, 0.1) is 11.3 Å². The molecule has 5 nitrogen and oxygen atoms in total. The van der Waals surface area contributed by atoms with Crippen molar-refractivity contribution in [2.75, 3.05) is 16.4 Å². The fraction of sp³-hybridized carbons (Fsp3) is 0. The molecule has 4 N–H and O–H groups in total. The molecule has 0 unspecified atom stereocenters. The average Bonchev–Trinajstić information content (AvgIpc) is 2.92. The second kappa shape index (κ2) is 9.82. The monoisotopic (exact) mass is 453 g/mol. The Balaban J connectivity index is 1.58. The van der Waals surface area contributed by atoms with Crippen LogP contribution in [0.15, 0.2) is 115 Å². The Hall–Kier alpha value is -5.08. The summed E-state index contributed by atoms with van der Waals surface area (Å²) in [5.41, 5.74) is 13.4. The summed E-state index contributed by atoms with van der Waals surface area (Å²) in [6.07, 6.45) is 0. The molecule has 0 saturated carbocycles. The third-order valence-electron chi connectivity index (χ3n) is 5.70. The van der Waals surface area contributed by atoms with Crippen molar-refractivity contribution < 1.29 is 0 Å². The molecule has 0 fully saturated rings. The van der Waals surface area contributed by atoms with Crippen molar-refractivity contribution in [1.82, 2.24) is 4.98 Å². The number of nitrogen functional groups attached to an aromatic ring is 1. The smallest absolute Gasteiger partial charge is 0.165 e. The van der Waals surface area contributed by atoms with Gasteiger partial charge in [-0.1, -0.05) is 97.1 Å². The van der Waals surface area contributed by atoms with E-state index in [2.05, 4.69) is 58.1 Å². The molecular weight excluding hydrogens is 430 g/mol. The fourth-order valence-electron chi connectivity index (χ4n) is 4.00. The molecule has 5 aromatic rings. The quantitative estimate of drug-likeness (QED) is 0.250. The molecule has 0 bridgehead atoms. The third-order valence-corrected chi connectivity index (χ3v) is 5.70. The van der Waals surface area contributed by atoms with Gasteiger partial charge >= 0.3 is 0 Å². The molecule has 168 valence electrons. The minimum atomic E-state index is 0.173. The Labute approximate surface area is 204 Å². The van der Waals surface area contributed by atoms with E-state index in [1.54, 1.807) is 6.07 Å². The van der Waals surface area contributed by atoms with Gasteiger partial charge in [0.25, 0.3) is 0 Å². The van der Waals surface area contributed by atoms with E-state index in [1.165, 1.54) is 0 Å². The summed E-state index contributed by atoms with van der Waals surface area (Å²) < 4.78 is 0. The molecule has 1 aromatic heterocycles. The van der Waals surface area contributed by atoms with Gasteiger partial charge in [0.1, 0.15) is 6.07 Å². The first kappa shape index (κ1) is 21.7. The Kier molecular flexibility index (Phi) is 6.10. The SMILES string of the molecule is N#Cc1nc(Nc2ccccc2-c2ccccc2)c(Nc2ccccc2-c2ccccc2)cc1N. The van der Waals surface area contributed by atoms with Crippen LogP contribution in [0.4, 0.5) is 28.6 Å². The summed E-state index contributed by atoms with van der Waals surface area (Å²) >= 11 is 0. The van der Waals surface area contributed by atoms with Crippen molar-refractivity contribution in [2.45, 2.75) is 0 Å². The summed E-state index contributed by atoms with van der Waals surface area (Å²) in [6, 6.07) is 40.2. The van der Waals surface area contributed by atoms with Gasteiger partial charge in [-0.05, 0) is 29.3 Å². The Morgan fingerprint density at radius 2 is 1.09 bits per heavy atom. The van der Waals surface area contributed by atoms with E-state index in [0.29, 0.717) is 17.2 Å². The lowest BCUT2D eigenvalue weighted by atomic mass is 10.0. The zero-order valence-corrected chi connectivity index (χ0v) is 18.9. The van der Waals surface area contributed by atoms with Crippen LogP contribution in [0.2, 0.25) is 0 Å². The molecule has 35 heavy (non-hydrogen) atoms. The zero-order chi connectivity index (χ0) is 24.0. The van der Waals surface area contributed by atoms with E-state index < -0.39 is 0 Å². The Morgan fingerprint density at radius 3 is 1.63 bits per heavy atom. The number of nitrogens with two attached hydrogens (primary N) is 1. The van der Waals surface area contributed by atoms with Gasteiger partial charge in [-0.2, -0.15) is 5.26 Å². The molecule has 1 heterocycles. The number of nitriles is 1. The van der Waals surface area contributed by atoms with Crippen LogP contribution in [0.1, 0.15) is 5.69 Å². The molecule has 0 aliphatic carbocycles. The van der Waals surface area contributed by atoms with E-state index in [4.69, 9.17) is 5.73 Å². The van der Waals surface area contributed by atoms with Crippen molar-refractivity contribution in [3.63, 3.8) is 0 Å². The van der Waals surface area contributed by atoms with Gasteiger partial charge in [0.2, 0.25) is 0 Å². The number of benzene rings is 4. The molecule has 5 rings (SSSR count). The molecule has 0 radical (unpaired) electrons. The van der Waals surface area contributed by atoms with Gasteiger partial charge in [0, 0.05) is 22.5 Å². The van der Waals surface area contributed by atoms with E-state index >= 15 is 0 Å². The number of hydrogen-bond acceptors (Lipinski definition) is 5. The van der Waals surface area contributed by atoms with Crippen LogP contribution >= 0.6 is 0 Å². The topological polar surface area (TPSA) is 86.8 Å². The van der Waals surface area contributed by atoms with E-state index in [9.17, 15) is 5.26 Å². The van der Waals surface area contributed by atoms with Crippen molar-refractivity contribution in [1.29, 1.82) is 5.26 Å². The fourth-order valence-corrected chi connectivity index (χ4v) is 4.00. The number of anilines is 5. The van der Waals surface area contributed by atoms with Crippen LogP contribution < -0.4 is 16.4 Å². The maximum atomic E-state index is 9.57. The minimum Gasteiger partial charge on any atom is -0.396 e. The van der Waals surface area contributed by atoms with Crippen molar-refractivity contribution in [3.8, 4) is 28.3 Å². The second-order valence-electron chi connectivity index (χ2n) is 8.01. The molecule has 0 atom stereocenters. The van der Waals surface area contributed by atoms with Gasteiger partial charge in [0.05, 0.1) is 11.4 Å². The number of aromatic nitrogens is 1. The number of pyridine rings is 1. The predicted molar refractivity (Wildman–Crippen MR) is 144 cm³/mol. The highest BCUT2D eigenvalue weighted by atomic mass is 15.1. The van der Waals surface area contributed by atoms with Gasteiger partial charge in [-0.25, -0.2) is 4.98 Å². The van der Waals surface area contributed by atoms with Crippen LogP contribution in [0.3, 0.4) is 0 Å². The minimum absolute atomic E-state index is 0.173. The first-order valence-electron chi connectivity index (χ1n) is 11.3. The lowest BCUT2D eigenvalue weighted by Gasteiger charge is -2.18. The predicted octanol–water partition coefficient (Wildman–Crippen LogP) is 7.36. The summed E-state index contributed by atoms with van der Waals surface area (Å²) in [6.45, 7) is 0. The first-order valence-corrected chi connectivity index (χ1v) is 11.3. The van der Waals surface area contributed by atoms with Gasteiger partial charge in [-0.3, -0.25) is 0 Å². The maximum absolute atomic E-state index is 9.57. The molecular formula is C30H23N5. The van der Waals surface area contributed by atoms with Gasteiger partial charge in [0.15, 0.2) is 11.5 Å². The summed E-state index contributed by atoms with van der Waals surface area (Å²) in [4.78, 5) is 4.56. The summed E-state index contributed by atoms with van der Waals surface area (Å²) in [5.74, 6) is 0.516. The molecule has 0 amide bonds. The highest BCUT2D eigenvalue weighted by molar-refractivity contribution is 5.88. The number of hydrogen-bond donors (Lipinski definition) is 3. The van der Waals surface area contributed by atoms with Gasteiger partial charge in [-0.15, -0.1) is 0 Å².